The second-order valence-corrected chi connectivity index (χ2v) is 3.43. The summed E-state index contributed by atoms with van der Waals surface area (Å²) in [5, 5.41) is 9.38. The molecule has 1 aromatic rings. The van der Waals surface area contributed by atoms with Crippen molar-refractivity contribution in [1.82, 2.24) is 0 Å². The van der Waals surface area contributed by atoms with Crippen LogP contribution in [-0.4, -0.2) is 5.11 Å². The van der Waals surface area contributed by atoms with E-state index in [1.54, 1.807) is 6.92 Å². The Balaban J connectivity index is 3.33. The van der Waals surface area contributed by atoms with Crippen molar-refractivity contribution in [2.75, 3.05) is 0 Å². The van der Waals surface area contributed by atoms with Gasteiger partial charge in [-0.05, 0) is 35.0 Å². The van der Waals surface area contributed by atoms with E-state index in [9.17, 15) is 9.50 Å². The van der Waals surface area contributed by atoms with Gasteiger partial charge in [0.1, 0.15) is 11.6 Å². The number of hydrogen-bond acceptors (Lipinski definition) is 2. The van der Waals surface area contributed by atoms with Crippen molar-refractivity contribution in [2.45, 2.75) is 13.0 Å². The first-order valence-electron chi connectivity index (χ1n) is 3.46. The minimum Gasteiger partial charge on any atom is -0.506 e. The molecule has 0 saturated carbocycles. The topological polar surface area (TPSA) is 46.2 Å². The Bertz CT molecular complexity index is 301. The molecule has 12 heavy (non-hydrogen) atoms. The Kier molecular flexibility index (Phi) is 2.69. The highest BCUT2D eigenvalue weighted by Crippen LogP contribution is 2.32. The van der Waals surface area contributed by atoms with Gasteiger partial charge in [0.2, 0.25) is 0 Å². The first-order valence-corrected chi connectivity index (χ1v) is 4.25. The Morgan fingerprint density at radius 1 is 1.58 bits per heavy atom. The number of phenols is 1. The Morgan fingerprint density at radius 2 is 2.17 bits per heavy atom. The first kappa shape index (κ1) is 9.48. The molecule has 1 atom stereocenters. The van der Waals surface area contributed by atoms with Crippen molar-refractivity contribution in [2.24, 2.45) is 5.73 Å². The summed E-state index contributed by atoms with van der Waals surface area (Å²) in [5.41, 5.74) is 5.61. The lowest BCUT2D eigenvalue weighted by molar-refractivity contribution is 0.449. The van der Waals surface area contributed by atoms with E-state index in [0.717, 1.165) is 0 Å². The molecule has 3 N–H and O–H groups in total. The molecule has 1 unspecified atom stereocenters. The van der Waals surface area contributed by atoms with Crippen molar-refractivity contribution >= 4 is 15.9 Å². The summed E-state index contributed by atoms with van der Waals surface area (Å²) >= 11 is 3.08. The van der Waals surface area contributed by atoms with Crippen LogP contribution in [0.15, 0.2) is 16.6 Å². The summed E-state index contributed by atoms with van der Waals surface area (Å²) in [6, 6.07) is 2.20. The van der Waals surface area contributed by atoms with Gasteiger partial charge in [-0.2, -0.15) is 0 Å². The highest BCUT2D eigenvalue weighted by molar-refractivity contribution is 9.10. The number of phenolic OH excluding ortho intramolecular Hbond substituents is 1. The van der Waals surface area contributed by atoms with E-state index in [0.29, 0.717) is 4.47 Å². The highest BCUT2D eigenvalue weighted by atomic mass is 79.9. The summed E-state index contributed by atoms with van der Waals surface area (Å²) in [4.78, 5) is 0. The quantitative estimate of drug-likeness (QED) is 0.783. The molecule has 0 amide bonds. The fraction of sp³-hybridized carbons (Fsp3) is 0.250. The lowest BCUT2D eigenvalue weighted by atomic mass is 10.1. The molecule has 0 aromatic heterocycles. The highest BCUT2D eigenvalue weighted by Gasteiger charge is 2.14. The number of hydrogen-bond donors (Lipinski definition) is 2. The molecule has 2 nitrogen and oxygen atoms in total. The van der Waals surface area contributed by atoms with Crippen LogP contribution in [0, 0.1) is 5.82 Å². The van der Waals surface area contributed by atoms with Gasteiger partial charge in [-0.15, -0.1) is 0 Å². The molecule has 0 aliphatic heterocycles. The zero-order valence-corrected chi connectivity index (χ0v) is 8.10. The van der Waals surface area contributed by atoms with Gasteiger partial charge >= 0.3 is 0 Å². The maximum Gasteiger partial charge on any atom is 0.137 e. The third-order valence-corrected chi connectivity index (χ3v) is 2.21. The molecule has 0 bridgehead atoms. The van der Waals surface area contributed by atoms with Crippen LogP contribution in [0.5, 0.6) is 5.75 Å². The van der Waals surface area contributed by atoms with E-state index in [4.69, 9.17) is 5.73 Å². The number of nitrogens with two attached hydrogens (primary N) is 1. The van der Waals surface area contributed by atoms with Crippen molar-refractivity contribution < 1.29 is 9.50 Å². The van der Waals surface area contributed by atoms with E-state index >= 15 is 0 Å². The van der Waals surface area contributed by atoms with Crippen molar-refractivity contribution in [3.05, 3.63) is 28.0 Å². The normalized spacial score (nSPS) is 13.0. The summed E-state index contributed by atoms with van der Waals surface area (Å²) in [5.74, 6) is -0.601. The van der Waals surface area contributed by atoms with Gasteiger partial charge in [0.15, 0.2) is 0 Å². The van der Waals surface area contributed by atoms with Crippen LogP contribution in [0.1, 0.15) is 18.5 Å². The van der Waals surface area contributed by atoms with Crippen LogP contribution in [0.4, 0.5) is 4.39 Å². The van der Waals surface area contributed by atoms with Gasteiger partial charge in [0.25, 0.3) is 0 Å². The Morgan fingerprint density at radius 3 is 2.58 bits per heavy atom. The standard InChI is InChI=1S/C8H9BrFNO/c1-4(11)7-6(10)3-2-5(9)8(7)12/h2-4,12H,11H2,1H3. The van der Waals surface area contributed by atoms with Gasteiger partial charge < -0.3 is 10.8 Å². The molecule has 0 aliphatic rings. The maximum atomic E-state index is 13.0. The number of aromatic hydroxyl groups is 1. The van der Waals surface area contributed by atoms with Gasteiger partial charge in [0.05, 0.1) is 4.47 Å². The second kappa shape index (κ2) is 3.41. The lowest BCUT2D eigenvalue weighted by Gasteiger charge is -2.10. The Hall–Kier alpha value is -0.610. The van der Waals surface area contributed by atoms with E-state index in [2.05, 4.69) is 15.9 Å². The summed E-state index contributed by atoms with van der Waals surface area (Å²) in [6.07, 6.45) is 0. The van der Waals surface area contributed by atoms with Crippen LogP contribution >= 0.6 is 15.9 Å². The average Bonchev–Trinajstić information content (AvgIpc) is 1.97. The molecule has 1 aromatic carbocycles. The molecule has 0 aliphatic carbocycles. The van der Waals surface area contributed by atoms with Crippen LogP contribution in [-0.2, 0) is 0 Å². The van der Waals surface area contributed by atoms with Crippen LogP contribution in [0.25, 0.3) is 0 Å². The molecule has 1 rings (SSSR count). The molecule has 0 saturated heterocycles. The predicted octanol–water partition coefficient (Wildman–Crippen LogP) is 2.31. The van der Waals surface area contributed by atoms with E-state index < -0.39 is 11.9 Å². The Labute approximate surface area is 78.3 Å². The summed E-state index contributed by atoms with van der Waals surface area (Å²) < 4.78 is 13.5. The molecule has 4 heteroatoms. The minimum absolute atomic E-state index is 0.120. The molecule has 0 heterocycles. The summed E-state index contributed by atoms with van der Waals surface area (Å²) in [6.45, 7) is 1.62. The maximum absolute atomic E-state index is 13.0. The second-order valence-electron chi connectivity index (χ2n) is 2.58. The number of benzene rings is 1. The monoisotopic (exact) mass is 233 g/mol. The first-order chi connectivity index (χ1) is 5.54. The van der Waals surface area contributed by atoms with Gasteiger partial charge in [0, 0.05) is 11.6 Å². The van der Waals surface area contributed by atoms with Crippen LogP contribution < -0.4 is 5.73 Å². The van der Waals surface area contributed by atoms with Crippen LogP contribution in [0.3, 0.4) is 0 Å². The van der Waals surface area contributed by atoms with E-state index in [-0.39, 0.29) is 11.3 Å². The molecule has 0 radical (unpaired) electrons. The van der Waals surface area contributed by atoms with Crippen molar-refractivity contribution in [3.63, 3.8) is 0 Å². The zero-order valence-electron chi connectivity index (χ0n) is 6.51. The zero-order chi connectivity index (χ0) is 9.30. The van der Waals surface area contributed by atoms with Crippen molar-refractivity contribution in [3.8, 4) is 5.75 Å². The number of halogens is 2. The molecular formula is C8H9BrFNO. The molecule has 0 fully saturated rings. The largest absolute Gasteiger partial charge is 0.506 e. The molecule has 0 spiro atoms. The summed E-state index contributed by atoms with van der Waals surface area (Å²) in [7, 11) is 0. The third-order valence-electron chi connectivity index (χ3n) is 1.57. The number of rotatable bonds is 1. The lowest BCUT2D eigenvalue weighted by Crippen LogP contribution is -2.07. The average molecular weight is 234 g/mol. The third kappa shape index (κ3) is 1.59. The molecule has 66 valence electrons. The van der Waals surface area contributed by atoms with Crippen molar-refractivity contribution in [1.29, 1.82) is 0 Å². The SMILES string of the molecule is CC(N)c1c(F)ccc(Br)c1O. The molecular weight excluding hydrogens is 225 g/mol. The fourth-order valence-electron chi connectivity index (χ4n) is 0.990. The minimum atomic E-state index is -0.512. The van der Waals surface area contributed by atoms with E-state index in [1.807, 2.05) is 0 Å². The smallest absolute Gasteiger partial charge is 0.137 e. The van der Waals surface area contributed by atoms with Gasteiger partial charge in [-0.1, -0.05) is 0 Å². The van der Waals surface area contributed by atoms with E-state index in [1.165, 1.54) is 12.1 Å². The van der Waals surface area contributed by atoms with Crippen LogP contribution in [0.2, 0.25) is 0 Å². The fourth-order valence-corrected chi connectivity index (χ4v) is 1.34. The van der Waals surface area contributed by atoms with Gasteiger partial charge in [-0.25, -0.2) is 4.39 Å². The predicted molar refractivity (Wildman–Crippen MR) is 48.4 cm³/mol. The van der Waals surface area contributed by atoms with Gasteiger partial charge in [-0.3, -0.25) is 0 Å².